The van der Waals surface area contributed by atoms with Crippen molar-refractivity contribution in [2.24, 2.45) is 0 Å². The van der Waals surface area contributed by atoms with Gasteiger partial charge in [-0.15, -0.1) is 0 Å². The fourth-order valence-corrected chi connectivity index (χ4v) is 2.95. The maximum Gasteiger partial charge on any atom is 0.153 e. The summed E-state index contributed by atoms with van der Waals surface area (Å²) in [6.07, 6.45) is 0.505. The molecule has 0 radical (unpaired) electrons. The number of hydrogen-bond acceptors (Lipinski definition) is 1. The third kappa shape index (κ3) is 2.22. The number of hydrogen-bond donors (Lipinski definition) is 0. The molecular formula is C10H12ClFOSi. The molecule has 0 bridgehead atoms. The molecule has 1 rings (SSSR count). The number of carbonyl (C=O) groups excluding carboxylic acids is 1. The van der Waals surface area contributed by atoms with Crippen molar-refractivity contribution in [3.63, 3.8) is 0 Å². The first-order valence-electron chi connectivity index (χ1n) is 4.31. The molecule has 0 amide bonds. The van der Waals surface area contributed by atoms with Crippen molar-refractivity contribution in [3.8, 4) is 0 Å². The summed E-state index contributed by atoms with van der Waals surface area (Å²) >= 11 is 5.80. The highest BCUT2D eigenvalue weighted by Gasteiger charge is 2.23. The molecule has 76 valence electrons. The molecule has 14 heavy (non-hydrogen) atoms. The Bertz CT molecular complexity index is 371. The Morgan fingerprint density at radius 1 is 1.36 bits per heavy atom. The molecule has 4 heteroatoms. The Labute approximate surface area is 88.9 Å². The lowest BCUT2D eigenvalue weighted by Gasteiger charge is -2.18. The normalized spacial score (nSPS) is 11.5. The molecule has 0 heterocycles. The summed E-state index contributed by atoms with van der Waals surface area (Å²) in [7, 11) is -1.78. The van der Waals surface area contributed by atoms with Gasteiger partial charge in [-0.25, -0.2) is 4.39 Å². The molecule has 0 aliphatic rings. The molecule has 0 aliphatic heterocycles. The average Bonchev–Trinajstić information content (AvgIpc) is 2.06. The number of carbonyl (C=O) groups is 1. The molecule has 0 aromatic heterocycles. The zero-order valence-electron chi connectivity index (χ0n) is 8.40. The third-order valence-corrected chi connectivity index (χ3v) is 4.20. The van der Waals surface area contributed by atoms with Crippen LogP contribution in [0.1, 0.15) is 10.4 Å². The summed E-state index contributed by atoms with van der Waals surface area (Å²) in [4.78, 5) is 10.6. The maximum absolute atomic E-state index is 13.7. The molecule has 0 aliphatic carbocycles. The lowest BCUT2D eigenvalue weighted by Crippen LogP contribution is -2.40. The molecule has 0 unspecified atom stereocenters. The lowest BCUT2D eigenvalue weighted by atomic mass is 10.2. The molecule has 1 aromatic rings. The van der Waals surface area contributed by atoms with Gasteiger partial charge in [0.15, 0.2) is 6.29 Å². The van der Waals surface area contributed by atoms with Crippen LogP contribution in [0.15, 0.2) is 12.1 Å². The Morgan fingerprint density at radius 2 is 1.93 bits per heavy atom. The summed E-state index contributed by atoms with van der Waals surface area (Å²) in [5, 5.41) is 1.03. The van der Waals surface area contributed by atoms with Crippen LogP contribution in [0.2, 0.25) is 24.7 Å². The number of benzene rings is 1. The first kappa shape index (κ1) is 11.4. The van der Waals surface area contributed by atoms with Crippen molar-refractivity contribution >= 4 is 31.1 Å². The molecular weight excluding hydrogens is 219 g/mol. The van der Waals surface area contributed by atoms with E-state index >= 15 is 0 Å². The fourth-order valence-electron chi connectivity index (χ4n) is 1.24. The summed E-state index contributed by atoms with van der Waals surface area (Å²) in [6, 6.07) is 2.98. The van der Waals surface area contributed by atoms with Gasteiger partial charge in [-0.2, -0.15) is 0 Å². The van der Waals surface area contributed by atoms with Crippen molar-refractivity contribution in [2.45, 2.75) is 19.6 Å². The van der Waals surface area contributed by atoms with Gasteiger partial charge in [-0.3, -0.25) is 4.79 Å². The molecule has 1 nitrogen and oxygen atoms in total. The minimum absolute atomic E-state index is 0.0509. The maximum atomic E-state index is 13.7. The largest absolute Gasteiger partial charge is 0.298 e. The van der Waals surface area contributed by atoms with Crippen LogP contribution < -0.4 is 5.19 Å². The van der Waals surface area contributed by atoms with E-state index in [1.54, 1.807) is 6.07 Å². The molecule has 1 aromatic carbocycles. The van der Waals surface area contributed by atoms with Gasteiger partial charge in [-0.1, -0.05) is 31.2 Å². The van der Waals surface area contributed by atoms with Gasteiger partial charge in [0, 0.05) is 5.02 Å². The van der Waals surface area contributed by atoms with Gasteiger partial charge in [-0.05, 0) is 17.3 Å². The zero-order valence-corrected chi connectivity index (χ0v) is 10.2. The van der Waals surface area contributed by atoms with E-state index in [4.69, 9.17) is 11.6 Å². The van der Waals surface area contributed by atoms with Crippen molar-refractivity contribution in [1.29, 1.82) is 0 Å². The van der Waals surface area contributed by atoms with Crippen LogP contribution in [0.5, 0.6) is 0 Å². The van der Waals surface area contributed by atoms with Gasteiger partial charge in [0.1, 0.15) is 5.82 Å². The summed E-state index contributed by atoms with van der Waals surface area (Å²) < 4.78 is 13.7. The summed E-state index contributed by atoms with van der Waals surface area (Å²) in [5.74, 6) is -0.413. The van der Waals surface area contributed by atoms with Crippen LogP contribution in [0.25, 0.3) is 0 Å². The van der Waals surface area contributed by atoms with Gasteiger partial charge in [0.2, 0.25) is 0 Å². The Hall–Kier alpha value is -0.673. The second kappa shape index (κ2) is 3.83. The predicted molar refractivity (Wildman–Crippen MR) is 59.8 cm³/mol. The standard InChI is InChI=1S/C10H12ClFOSi/c1-14(2,3)9-5-8(11)4-7(6-13)10(9)12/h4-6H,1-3H3. The molecule has 0 saturated heterocycles. The van der Waals surface area contributed by atoms with E-state index in [0.29, 0.717) is 16.5 Å². The Kier molecular flexibility index (Phi) is 3.12. The van der Waals surface area contributed by atoms with Crippen molar-refractivity contribution < 1.29 is 9.18 Å². The summed E-state index contributed by atoms with van der Waals surface area (Å²) in [6.45, 7) is 6.03. The minimum atomic E-state index is -1.78. The highest BCUT2D eigenvalue weighted by atomic mass is 35.5. The molecule has 0 atom stereocenters. The second-order valence-corrected chi connectivity index (χ2v) is 9.70. The average molecular weight is 231 g/mol. The molecule has 0 N–H and O–H groups in total. The van der Waals surface area contributed by atoms with E-state index < -0.39 is 13.9 Å². The number of rotatable bonds is 2. The van der Waals surface area contributed by atoms with Gasteiger partial charge in [0.05, 0.1) is 13.6 Å². The van der Waals surface area contributed by atoms with Crippen LogP contribution in [-0.2, 0) is 0 Å². The van der Waals surface area contributed by atoms with Crippen LogP contribution >= 0.6 is 11.6 Å². The van der Waals surface area contributed by atoms with Gasteiger partial charge < -0.3 is 0 Å². The van der Waals surface area contributed by atoms with E-state index in [1.165, 1.54) is 6.07 Å². The van der Waals surface area contributed by atoms with Crippen LogP contribution in [0.4, 0.5) is 4.39 Å². The fraction of sp³-hybridized carbons (Fsp3) is 0.300. The molecule has 0 saturated carbocycles. The number of halogens is 2. The minimum Gasteiger partial charge on any atom is -0.298 e. The van der Waals surface area contributed by atoms with Crippen LogP contribution in [0, 0.1) is 5.82 Å². The topological polar surface area (TPSA) is 17.1 Å². The quantitative estimate of drug-likeness (QED) is 0.564. The van der Waals surface area contributed by atoms with E-state index in [9.17, 15) is 9.18 Å². The highest BCUT2D eigenvalue weighted by molar-refractivity contribution is 6.88. The summed E-state index contributed by atoms with van der Waals surface area (Å²) in [5.41, 5.74) is 0.0509. The van der Waals surface area contributed by atoms with Crippen LogP contribution in [-0.4, -0.2) is 14.4 Å². The smallest absolute Gasteiger partial charge is 0.153 e. The highest BCUT2D eigenvalue weighted by Crippen LogP contribution is 2.15. The first-order chi connectivity index (χ1) is 6.36. The number of aldehydes is 1. The zero-order chi connectivity index (χ0) is 10.9. The van der Waals surface area contributed by atoms with E-state index in [-0.39, 0.29) is 5.56 Å². The van der Waals surface area contributed by atoms with E-state index in [0.717, 1.165) is 0 Å². The first-order valence-corrected chi connectivity index (χ1v) is 8.19. The van der Waals surface area contributed by atoms with E-state index in [1.807, 2.05) is 19.6 Å². The van der Waals surface area contributed by atoms with Crippen molar-refractivity contribution in [2.75, 3.05) is 0 Å². The Morgan fingerprint density at radius 3 is 2.36 bits per heavy atom. The van der Waals surface area contributed by atoms with Gasteiger partial charge in [0.25, 0.3) is 0 Å². The Balaban J connectivity index is 3.44. The van der Waals surface area contributed by atoms with E-state index in [2.05, 4.69) is 0 Å². The second-order valence-electron chi connectivity index (χ2n) is 4.22. The van der Waals surface area contributed by atoms with Crippen LogP contribution in [0.3, 0.4) is 0 Å². The molecule has 0 spiro atoms. The monoisotopic (exact) mass is 230 g/mol. The van der Waals surface area contributed by atoms with Crippen molar-refractivity contribution in [1.82, 2.24) is 0 Å². The SMILES string of the molecule is C[Si](C)(C)c1cc(Cl)cc(C=O)c1F. The predicted octanol–water partition coefficient (Wildman–Crippen LogP) is 2.84. The molecule has 0 fully saturated rings. The third-order valence-electron chi connectivity index (χ3n) is 2.00. The van der Waals surface area contributed by atoms with Gasteiger partial charge >= 0.3 is 0 Å². The van der Waals surface area contributed by atoms with Crippen molar-refractivity contribution in [3.05, 3.63) is 28.5 Å². The lowest BCUT2D eigenvalue weighted by molar-refractivity contribution is 0.112.